The maximum absolute atomic E-state index is 10.9. The van der Waals surface area contributed by atoms with Gasteiger partial charge in [0.1, 0.15) is 28.0 Å². The van der Waals surface area contributed by atoms with Gasteiger partial charge in [-0.2, -0.15) is 5.10 Å². The first kappa shape index (κ1) is 17.1. The minimum absolute atomic E-state index is 0.179. The second-order valence-corrected chi connectivity index (χ2v) is 8.11. The summed E-state index contributed by atoms with van der Waals surface area (Å²) in [4.78, 5) is 9.32. The zero-order valence-electron chi connectivity index (χ0n) is 13.0. The van der Waals surface area contributed by atoms with Crippen LogP contribution in [0.2, 0.25) is 4.34 Å². The normalized spacial score (nSPS) is 11.5. The van der Waals surface area contributed by atoms with Crippen LogP contribution in [-0.2, 0) is 16.5 Å². The van der Waals surface area contributed by atoms with Crippen LogP contribution in [0.25, 0.3) is 21.8 Å². The van der Waals surface area contributed by atoms with E-state index in [1.165, 1.54) is 11.3 Å². The van der Waals surface area contributed by atoms with Crippen LogP contribution in [0.1, 0.15) is 25.7 Å². The first-order valence-electron chi connectivity index (χ1n) is 7.23. The number of rotatable bonds is 5. The average Bonchev–Trinajstić information content (AvgIpc) is 3.13. The van der Waals surface area contributed by atoms with Gasteiger partial charge in [0, 0.05) is 24.0 Å². The first-order chi connectivity index (χ1) is 11.4. The van der Waals surface area contributed by atoms with Crippen molar-refractivity contribution < 1.29 is 8.42 Å². The molecule has 0 radical (unpaired) electrons. The molecule has 0 aliphatic heterocycles. The lowest BCUT2D eigenvalue weighted by Gasteiger charge is -2.03. The Morgan fingerprint density at radius 2 is 2.08 bits per heavy atom. The Hall–Kier alpha value is -1.77. The molecule has 0 saturated heterocycles. The summed E-state index contributed by atoms with van der Waals surface area (Å²) >= 11 is 7.49. The summed E-state index contributed by atoms with van der Waals surface area (Å²) in [7, 11) is -2.57. The van der Waals surface area contributed by atoms with Crippen LogP contribution >= 0.6 is 22.9 Å². The van der Waals surface area contributed by atoms with Crippen molar-refractivity contribution in [3.8, 4) is 21.8 Å². The number of thiol groups is 1. The molecule has 6 nitrogen and oxygen atoms in total. The highest BCUT2D eigenvalue weighted by Crippen LogP contribution is 2.36. The van der Waals surface area contributed by atoms with Crippen LogP contribution in [0, 0.1) is 0 Å². The molecule has 0 saturated carbocycles. The van der Waals surface area contributed by atoms with E-state index >= 15 is 0 Å². The van der Waals surface area contributed by atoms with Gasteiger partial charge in [0.05, 0.1) is 14.9 Å². The van der Waals surface area contributed by atoms with Gasteiger partial charge in [-0.3, -0.25) is 4.68 Å². The van der Waals surface area contributed by atoms with E-state index in [0.29, 0.717) is 10.0 Å². The van der Waals surface area contributed by atoms with Crippen LogP contribution in [0.15, 0.2) is 30.6 Å². The lowest BCUT2D eigenvalue weighted by atomic mass is 10.1. The van der Waals surface area contributed by atoms with E-state index < -0.39 is 10.7 Å². The quantitative estimate of drug-likeness (QED) is 0.684. The van der Waals surface area contributed by atoms with Crippen molar-refractivity contribution in [2.75, 3.05) is 0 Å². The summed E-state index contributed by atoms with van der Waals surface area (Å²) in [5.41, 5.74) is 2.24. The molecule has 0 spiro atoms. The van der Waals surface area contributed by atoms with Gasteiger partial charge < -0.3 is 0 Å². The first-order valence-corrected chi connectivity index (χ1v) is 9.78. The van der Waals surface area contributed by atoms with Crippen LogP contribution in [0.3, 0.4) is 0 Å². The van der Waals surface area contributed by atoms with Crippen molar-refractivity contribution >= 4 is 33.6 Å². The molecule has 9 heteroatoms. The van der Waals surface area contributed by atoms with Gasteiger partial charge in [-0.1, -0.05) is 11.6 Å². The molecule has 0 N–H and O–H groups in total. The van der Waals surface area contributed by atoms with Crippen LogP contribution in [0.5, 0.6) is 0 Å². The topological polar surface area (TPSA) is 77.7 Å². The molecule has 0 atom stereocenters. The van der Waals surface area contributed by atoms with Crippen molar-refractivity contribution in [1.82, 2.24) is 19.7 Å². The zero-order valence-corrected chi connectivity index (χ0v) is 15.5. The molecule has 0 unspecified atom stereocenters. The van der Waals surface area contributed by atoms with Gasteiger partial charge >= 0.3 is 0 Å². The smallest absolute Gasteiger partial charge is 0.147 e. The molecule has 0 bridgehead atoms. The van der Waals surface area contributed by atoms with E-state index in [2.05, 4.69) is 15.1 Å². The van der Waals surface area contributed by atoms with E-state index in [9.17, 15) is 8.42 Å². The predicted molar refractivity (Wildman–Crippen MR) is 96.0 cm³/mol. The number of aromatic nitrogens is 4. The molecular formula is C15H15ClN4O2S2. The third kappa shape index (κ3) is 3.66. The third-order valence-corrected chi connectivity index (χ3v) is 5.10. The minimum atomic E-state index is -2.57. The van der Waals surface area contributed by atoms with E-state index in [0.717, 1.165) is 16.1 Å². The maximum atomic E-state index is 10.9. The Bertz CT molecular complexity index is 939. The molecule has 3 heterocycles. The fraction of sp³-hybridized carbons (Fsp3) is 0.267. The Kier molecular flexibility index (Phi) is 4.98. The minimum Gasteiger partial charge on any atom is -0.269 e. The fourth-order valence-corrected chi connectivity index (χ4v) is 3.63. The summed E-state index contributed by atoms with van der Waals surface area (Å²) in [5.74, 6) is 0.0952. The average molecular weight is 383 g/mol. The molecule has 126 valence electrons. The van der Waals surface area contributed by atoms with Crippen LogP contribution < -0.4 is 0 Å². The summed E-state index contributed by atoms with van der Waals surface area (Å²) in [6.07, 6.45) is 3.48. The number of nitrogens with zero attached hydrogens (tertiary/aromatic N) is 4. The van der Waals surface area contributed by atoms with Crippen molar-refractivity contribution in [3.63, 3.8) is 0 Å². The van der Waals surface area contributed by atoms with Gasteiger partial charge in [-0.15, -0.1) is 11.3 Å². The van der Waals surface area contributed by atoms with E-state index in [-0.39, 0.29) is 17.6 Å². The van der Waals surface area contributed by atoms with E-state index in [1.54, 1.807) is 12.3 Å². The Balaban J connectivity index is 2.13. The summed E-state index contributed by atoms with van der Waals surface area (Å²) < 4.78 is 24.4. The number of thiophene rings is 1. The van der Waals surface area contributed by atoms with Crippen LogP contribution in [0.4, 0.5) is 0 Å². The number of halogens is 1. The van der Waals surface area contributed by atoms with Gasteiger partial charge in [0.15, 0.2) is 0 Å². The maximum Gasteiger partial charge on any atom is 0.147 e. The van der Waals surface area contributed by atoms with E-state index in [1.807, 2.05) is 36.9 Å². The molecular weight excluding hydrogens is 368 g/mol. The third-order valence-electron chi connectivity index (χ3n) is 3.32. The highest BCUT2D eigenvalue weighted by Gasteiger charge is 2.17. The molecule has 3 rings (SSSR count). The zero-order chi connectivity index (χ0) is 17.3. The SMILES string of the molecule is CC(C)n1cc(-c2ccnc(C[SH](=O)=O)n2)c(-c2ccc(Cl)s2)n1. The van der Waals surface area contributed by atoms with Gasteiger partial charge in [0.25, 0.3) is 0 Å². The van der Waals surface area contributed by atoms with E-state index in [4.69, 9.17) is 11.6 Å². The van der Waals surface area contributed by atoms with Gasteiger partial charge in [0.2, 0.25) is 0 Å². The standard InChI is InChI=1S/C15H15ClN4O2S2/c1-9(2)20-7-10(15(19-20)12-3-4-13(16)23-12)11-5-6-17-14(18-11)8-24(21)22/h3-7,9,24H,8H2,1-2H3. The van der Waals surface area contributed by atoms with Crippen molar-refractivity contribution in [2.45, 2.75) is 25.6 Å². The number of hydrogen-bond acceptors (Lipinski definition) is 6. The van der Waals surface area contributed by atoms with Crippen LogP contribution in [-0.4, -0.2) is 28.2 Å². The monoisotopic (exact) mass is 382 g/mol. The Labute approximate surface area is 150 Å². The molecule has 0 fully saturated rings. The number of hydrogen-bond donors (Lipinski definition) is 1. The Morgan fingerprint density at radius 3 is 2.71 bits per heavy atom. The Morgan fingerprint density at radius 1 is 1.29 bits per heavy atom. The van der Waals surface area contributed by atoms with Crippen molar-refractivity contribution in [1.29, 1.82) is 0 Å². The molecule has 0 aromatic carbocycles. The molecule has 0 amide bonds. The largest absolute Gasteiger partial charge is 0.269 e. The fourth-order valence-electron chi connectivity index (χ4n) is 2.21. The molecule has 24 heavy (non-hydrogen) atoms. The summed E-state index contributed by atoms with van der Waals surface area (Å²) in [6.45, 7) is 4.07. The predicted octanol–water partition coefficient (Wildman–Crippen LogP) is 3.41. The van der Waals surface area contributed by atoms with Crippen molar-refractivity contribution in [2.24, 2.45) is 0 Å². The molecule has 0 aliphatic rings. The molecule has 3 aromatic heterocycles. The molecule has 0 aliphatic carbocycles. The lowest BCUT2D eigenvalue weighted by Crippen LogP contribution is -2.00. The second kappa shape index (κ2) is 7.00. The molecule has 3 aromatic rings. The second-order valence-electron chi connectivity index (χ2n) is 5.42. The lowest BCUT2D eigenvalue weighted by molar-refractivity contribution is 0.534. The highest BCUT2D eigenvalue weighted by atomic mass is 35.5. The van der Waals surface area contributed by atoms with Gasteiger partial charge in [-0.25, -0.2) is 18.4 Å². The van der Waals surface area contributed by atoms with Gasteiger partial charge in [-0.05, 0) is 32.0 Å². The summed E-state index contributed by atoms with van der Waals surface area (Å²) in [6, 6.07) is 5.68. The summed E-state index contributed by atoms with van der Waals surface area (Å²) in [5, 5.41) is 4.65. The van der Waals surface area contributed by atoms with Crippen molar-refractivity contribution in [3.05, 3.63) is 40.8 Å². The highest BCUT2D eigenvalue weighted by molar-refractivity contribution is 7.71.